The number of nitrogens with one attached hydrogen (secondary N) is 1. The minimum absolute atomic E-state index is 0.101. The molecule has 26 heavy (non-hydrogen) atoms. The predicted molar refractivity (Wildman–Crippen MR) is 111 cm³/mol. The van der Waals surface area contributed by atoms with Crippen LogP contribution in [0.4, 0.5) is 0 Å². The van der Waals surface area contributed by atoms with Gasteiger partial charge in [-0.05, 0) is 31.3 Å². The fourth-order valence-corrected chi connectivity index (χ4v) is 4.87. The van der Waals surface area contributed by atoms with Gasteiger partial charge in [-0.2, -0.15) is 5.26 Å². The molecule has 0 saturated carbocycles. The Morgan fingerprint density at radius 2 is 2.08 bits per heavy atom. The summed E-state index contributed by atoms with van der Waals surface area (Å²) >= 11 is 7.78. The summed E-state index contributed by atoms with van der Waals surface area (Å²) in [6, 6.07) is 10.1. The fourth-order valence-electron chi connectivity index (χ4n) is 3.02. The summed E-state index contributed by atoms with van der Waals surface area (Å²) in [6.07, 6.45) is 0.334. The SMILES string of the molecule is CN1C(Sc2cccc(Cl)c2)=C(CC#N)NC1(CO[Si](C)C)C(C)(C)C. The van der Waals surface area contributed by atoms with Crippen molar-refractivity contribution < 1.29 is 4.43 Å². The first-order chi connectivity index (χ1) is 12.1. The average Bonchev–Trinajstić information content (AvgIpc) is 2.79. The predicted octanol–water partition coefficient (Wildman–Crippen LogP) is 5.06. The molecule has 1 aliphatic rings. The molecule has 7 heteroatoms. The van der Waals surface area contributed by atoms with Crippen LogP contribution in [-0.4, -0.2) is 33.3 Å². The molecular weight excluding hydrogens is 382 g/mol. The lowest BCUT2D eigenvalue weighted by atomic mass is 9.80. The molecule has 0 saturated heterocycles. The van der Waals surface area contributed by atoms with Crippen LogP contribution >= 0.6 is 23.4 Å². The molecule has 1 N–H and O–H groups in total. The first kappa shape index (κ1) is 21.2. The molecule has 1 unspecified atom stereocenters. The quantitative estimate of drug-likeness (QED) is 0.666. The molecule has 141 valence electrons. The maximum absolute atomic E-state index is 9.33. The van der Waals surface area contributed by atoms with E-state index in [4.69, 9.17) is 16.0 Å². The molecule has 1 atom stereocenters. The summed E-state index contributed by atoms with van der Waals surface area (Å²) < 4.78 is 6.13. The van der Waals surface area contributed by atoms with Crippen LogP contribution in [0.2, 0.25) is 18.1 Å². The summed E-state index contributed by atoms with van der Waals surface area (Å²) in [4.78, 5) is 3.30. The second-order valence-electron chi connectivity index (χ2n) is 7.67. The van der Waals surface area contributed by atoms with Gasteiger partial charge in [-0.15, -0.1) is 0 Å². The molecule has 1 radical (unpaired) electrons. The molecule has 1 aliphatic heterocycles. The van der Waals surface area contributed by atoms with Gasteiger partial charge >= 0.3 is 0 Å². The highest BCUT2D eigenvalue weighted by molar-refractivity contribution is 8.03. The van der Waals surface area contributed by atoms with Gasteiger partial charge in [0.15, 0.2) is 0 Å². The molecule has 0 aromatic heterocycles. The van der Waals surface area contributed by atoms with Gasteiger partial charge in [0, 0.05) is 22.4 Å². The largest absolute Gasteiger partial charge is 0.413 e. The van der Waals surface area contributed by atoms with Crippen LogP contribution in [0.15, 0.2) is 39.9 Å². The van der Waals surface area contributed by atoms with E-state index in [-0.39, 0.29) is 5.41 Å². The smallest absolute Gasteiger partial charge is 0.205 e. The van der Waals surface area contributed by atoms with Gasteiger partial charge in [-0.3, -0.25) is 0 Å². The van der Waals surface area contributed by atoms with Crippen LogP contribution in [0.5, 0.6) is 0 Å². The summed E-state index contributed by atoms with van der Waals surface area (Å²) in [6.45, 7) is 11.5. The Bertz CT molecular complexity index is 726. The summed E-state index contributed by atoms with van der Waals surface area (Å²) in [5, 5.41) is 14.7. The van der Waals surface area contributed by atoms with E-state index in [0.29, 0.717) is 18.1 Å². The molecule has 0 fully saturated rings. The van der Waals surface area contributed by atoms with Gasteiger partial charge in [-0.25, -0.2) is 0 Å². The van der Waals surface area contributed by atoms with Crippen molar-refractivity contribution in [2.24, 2.45) is 5.41 Å². The van der Waals surface area contributed by atoms with Crippen LogP contribution in [0.3, 0.4) is 0 Å². The highest BCUT2D eigenvalue weighted by Gasteiger charge is 2.51. The Hall–Kier alpha value is -1.13. The molecule has 0 amide bonds. The van der Waals surface area contributed by atoms with Crippen molar-refractivity contribution >= 4 is 32.4 Å². The fraction of sp³-hybridized carbons (Fsp3) is 0.526. The van der Waals surface area contributed by atoms with Gasteiger partial charge in [0.25, 0.3) is 0 Å². The molecule has 0 spiro atoms. The van der Waals surface area contributed by atoms with E-state index in [0.717, 1.165) is 15.6 Å². The highest BCUT2D eigenvalue weighted by Crippen LogP contribution is 2.46. The van der Waals surface area contributed by atoms with Crippen LogP contribution in [0, 0.1) is 16.7 Å². The van der Waals surface area contributed by atoms with E-state index in [1.165, 1.54) is 0 Å². The average molecular weight is 409 g/mol. The van der Waals surface area contributed by atoms with Crippen LogP contribution in [0.1, 0.15) is 27.2 Å². The molecule has 1 aromatic carbocycles. The normalized spacial score (nSPS) is 20.5. The number of rotatable bonds is 6. The van der Waals surface area contributed by atoms with Crippen LogP contribution < -0.4 is 5.32 Å². The van der Waals surface area contributed by atoms with Crippen LogP contribution in [0.25, 0.3) is 0 Å². The van der Waals surface area contributed by atoms with Crippen molar-refractivity contribution in [3.63, 3.8) is 0 Å². The molecular formula is C19H27ClN3OSSi. The zero-order valence-electron chi connectivity index (χ0n) is 16.3. The van der Waals surface area contributed by atoms with E-state index in [1.807, 2.05) is 24.3 Å². The lowest BCUT2D eigenvalue weighted by Crippen LogP contribution is -2.63. The lowest BCUT2D eigenvalue weighted by molar-refractivity contribution is -0.00784. The Kier molecular flexibility index (Phi) is 6.73. The van der Waals surface area contributed by atoms with Crippen molar-refractivity contribution in [1.82, 2.24) is 10.2 Å². The van der Waals surface area contributed by atoms with Crippen LogP contribution in [-0.2, 0) is 4.43 Å². The maximum atomic E-state index is 9.33. The maximum Gasteiger partial charge on any atom is 0.205 e. The molecule has 4 nitrogen and oxygen atoms in total. The monoisotopic (exact) mass is 408 g/mol. The number of likely N-dealkylation sites (N-methyl/N-ethyl adjacent to an activating group) is 1. The van der Waals surface area contributed by atoms with Gasteiger partial charge in [0.05, 0.1) is 29.8 Å². The van der Waals surface area contributed by atoms with E-state index in [1.54, 1.807) is 11.8 Å². The second kappa shape index (κ2) is 8.26. The lowest BCUT2D eigenvalue weighted by Gasteiger charge is -2.48. The zero-order chi connectivity index (χ0) is 19.5. The summed E-state index contributed by atoms with van der Waals surface area (Å²) in [5.41, 5.74) is 0.442. The number of benzene rings is 1. The third-order valence-corrected chi connectivity index (χ3v) is 6.73. The Morgan fingerprint density at radius 3 is 2.62 bits per heavy atom. The summed E-state index contributed by atoms with van der Waals surface area (Å²) in [7, 11) is 1.25. The number of allylic oxidation sites excluding steroid dienone is 1. The standard InChI is InChI=1S/C19H27ClN3OSSi/c1-18(2,3)19(13-24-26(5)6)22-16(10-11-21)17(23(19)4)25-15-9-7-8-14(20)12-15/h7-9,12,22H,10,13H2,1-6H3. The highest BCUT2D eigenvalue weighted by atomic mass is 35.5. The zero-order valence-corrected chi connectivity index (χ0v) is 18.9. The van der Waals surface area contributed by atoms with Crippen molar-refractivity contribution in [1.29, 1.82) is 5.26 Å². The molecule has 0 aliphatic carbocycles. The summed E-state index contributed by atoms with van der Waals surface area (Å²) in [5.74, 6) is 0. The van der Waals surface area contributed by atoms with E-state index in [9.17, 15) is 5.26 Å². The van der Waals surface area contributed by atoms with Crippen molar-refractivity contribution in [2.45, 2.75) is 50.8 Å². The third kappa shape index (κ3) is 4.40. The minimum Gasteiger partial charge on any atom is -0.413 e. The van der Waals surface area contributed by atoms with E-state index >= 15 is 0 Å². The van der Waals surface area contributed by atoms with Crippen molar-refractivity contribution in [3.8, 4) is 6.07 Å². The number of hydrogen-bond donors (Lipinski definition) is 1. The topological polar surface area (TPSA) is 48.3 Å². The number of nitrogens with zero attached hydrogens (tertiary/aromatic N) is 2. The number of halogens is 1. The number of hydrogen-bond acceptors (Lipinski definition) is 5. The van der Waals surface area contributed by atoms with Gasteiger partial charge in [0.1, 0.15) is 5.66 Å². The van der Waals surface area contributed by atoms with Gasteiger partial charge in [0.2, 0.25) is 9.04 Å². The third-order valence-electron chi connectivity index (χ3n) is 4.57. The van der Waals surface area contributed by atoms with Crippen molar-refractivity contribution in [2.75, 3.05) is 13.7 Å². The first-order valence-corrected chi connectivity index (χ1v) is 12.2. The first-order valence-electron chi connectivity index (χ1n) is 8.59. The molecule has 2 rings (SSSR count). The Balaban J connectivity index is 2.41. The Morgan fingerprint density at radius 1 is 1.38 bits per heavy atom. The van der Waals surface area contributed by atoms with E-state index in [2.05, 4.69) is 57.2 Å². The molecule has 1 aromatic rings. The van der Waals surface area contributed by atoms with Gasteiger partial charge in [-0.1, -0.05) is 50.2 Å². The van der Waals surface area contributed by atoms with Crippen molar-refractivity contribution in [3.05, 3.63) is 40.0 Å². The second-order valence-corrected chi connectivity index (χ2v) is 11.3. The van der Waals surface area contributed by atoms with E-state index < -0.39 is 14.7 Å². The molecule has 1 heterocycles. The molecule has 0 bridgehead atoms. The number of thioether (sulfide) groups is 1. The number of nitriles is 1. The Labute approximate surface area is 168 Å². The minimum atomic E-state index is -0.827. The van der Waals surface area contributed by atoms with Gasteiger partial charge < -0.3 is 14.6 Å².